The summed E-state index contributed by atoms with van der Waals surface area (Å²) in [4.78, 5) is 12.0. The minimum atomic E-state index is -0.000356. The lowest BCUT2D eigenvalue weighted by Gasteiger charge is -2.10. The molecule has 1 heterocycles. The van der Waals surface area contributed by atoms with E-state index in [4.69, 9.17) is 4.74 Å². The maximum Gasteiger partial charge on any atom is 0.252 e. The van der Waals surface area contributed by atoms with Gasteiger partial charge in [0.15, 0.2) is 0 Å². The second-order valence-corrected chi connectivity index (χ2v) is 6.48. The molecule has 1 N–H and O–H groups in total. The second-order valence-electron chi connectivity index (χ2n) is 4.40. The van der Waals surface area contributed by atoms with Crippen molar-refractivity contribution in [3.05, 3.63) is 31.8 Å². The highest BCUT2D eigenvalue weighted by molar-refractivity contribution is 14.1. The predicted octanol–water partition coefficient (Wildman–Crippen LogP) is 3.21. The average molecular weight is 424 g/mol. The van der Waals surface area contributed by atoms with Crippen LogP contribution in [0.4, 0.5) is 0 Å². The third kappa shape index (κ3) is 3.93. The van der Waals surface area contributed by atoms with Crippen LogP contribution in [0.3, 0.4) is 0 Å². The largest absolute Gasteiger partial charge is 0.381 e. The molecule has 1 fully saturated rings. The van der Waals surface area contributed by atoms with E-state index >= 15 is 0 Å². The van der Waals surface area contributed by atoms with E-state index in [-0.39, 0.29) is 5.91 Å². The molecule has 1 aromatic carbocycles. The first-order valence-corrected chi connectivity index (χ1v) is 7.85. The first-order chi connectivity index (χ1) is 8.66. The normalized spacial score (nSPS) is 18.9. The van der Waals surface area contributed by atoms with Crippen LogP contribution in [0.15, 0.2) is 22.7 Å². The second kappa shape index (κ2) is 6.86. The molecule has 5 heteroatoms. The van der Waals surface area contributed by atoms with E-state index in [9.17, 15) is 4.79 Å². The molecule has 1 aliphatic heterocycles. The average Bonchev–Trinajstić information content (AvgIpc) is 2.85. The van der Waals surface area contributed by atoms with Crippen molar-refractivity contribution in [1.82, 2.24) is 5.32 Å². The molecule has 1 atom stereocenters. The maximum atomic E-state index is 12.0. The number of amides is 1. The smallest absolute Gasteiger partial charge is 0.252 e. The Balaban J connectivity index is 1.85. The van der Waals surface area contributed by atoms with Crippen LogP contribution < -0.4 is 5.32 Å². The van der Waals surface area contributed by atoms with Gasteiger partial charge in [-0.25, -0.2) is 0 Å². The molecule has 1 unspecified atom stereocenters. The summed E-state index contributed by atoms with van der Waals surface area (Å²) >= 11 is 5.57. The van der Waals surface area contributed by atoms with Crippen LogP contribution in [0.5, 0.6) is 0 Å². The summed E-state index contributed by atoms with van der Waals surface area (Å²) in [5.41, 5.74) is 0.729. The summed E-state index contributed by atoms with van der Waals surface area (Å²) in [5, 5.41) is 2.97. The van der Waals surface area contributed by atoms with Crippen LogP contribution in [0.25, 0.3) is 0 Å². The summed E-state index contributed by atoms with van der Waals surface area (Å²) in [5.74, 6) is 0.603. The Morgan fingerprint density at radius 2 is 2.39 bits per heavy atom. The Kier molecular flexibility index (Phi) is 5.44. The highest BCUT2D eigenvalue weighted by atomic mass is 127. The summed E-state index contributed by atoms with van der Waals surface area (Å²) in [6, 6.07) is 5.73. The Bertz CT molecular complexity index is 433. The SMILES string of the molecule is O=C(NCCC1CCOC1)c1cc(Br)ccc1I. The Hall–Kier alpha value is -0.140. The van der Waals surface area contributed by atoms with Crippen molar-refractivity contribution in [3.8, 4) is 0 Å². The van der Waals surface area contributed by atoms with Gasteiger partial charge >= 0.3 is 0 Å². The third-order valence-corrected chi connectivity index (χ3v) is 4.47. The number of hydrogen-bond donors (Lipinski definition) is 1. The molecule has 0 spiro atoms. The lowest BCUT2D eigenvalue weighted by Crippen LogP contribution is -2.26. The summed E-state index contributed by atoms with van der Waals surface area (Å²) in [6.07, 6.45) is 2.11. The third-order valence-electron chi connectivity index (χ3n) is 3.04. The molecule has 0 radical (unpaired) electrons. The molecule has 1 amide bonds. The number of carbonyl (C=O) groups is 1. The monoisotopic (exact) mass is 423 g/mol. The standard InChI is InChI=1S/C13H15BrINO2/c14-10-1-2-12(15)11(7-10)13(17)16-5-3-9-4-6-18-8-9/h1-2,7,9H,3-6,8H2,(H,16,17). The summed E-state index contributed by atoms with van der Waals surface area (Å²) in [7, 11) is 0. The summed E-state index contributed by atoms with van der Waals surface area (Å²) < 4.78 is 7.21. The van der Waals surface area contributed by atoms with Gasteiger partial charge in [0.05, 0.1) is 5.56 Å². The molecule has 0 aliphatic carbocycles. The van der Waals surface area contributed by atoms with Gasteiger partial charge in [0, 0.05) is 27.8 Å². The molecule has 3 nitrogen and oxygen atoms in total. The number of carbonyl (C=O) groups excluding carboxylic acids is 1. The van der Waals surface area contributed by atoms with Gasteiger partial charge < -0.3 is 10.1 Å². The van der Waals surface area contributed by atoms with Gasteiger partial charge in [-0.15, -0.1) is 0 Å². The van der Waals surface area contributed by atoms with Crippen molar-refractivity contribution in [1.29, 1.82) is 0 Å². The molecular formula is C13H15BrINO2. The molecule has 0 aromatic heterocycles. The van der Waals surface area contributed by atoms with Gasteiger partial charge in [-0.1, -0.05) is 15.9 Å². The van der Waals surface area contributed by atoms with Gasteiger partial charge in [0.2, 0.25) is 0 Å². The molecule has 98 valence electrons. The van der Waals surface area contributed by atoms with E-state index in [0.29, 0.717) is 5.92 Å². The molecular weight excluding hydrogens is 409 g/mol. The van der Waals surface area contributed by atoms with Crippen molar-refractivity contribution in [2.75, 3.05) is 19.8 Å². The lowest BCUT2D eigenvalue weighted by molar-refractivity contribution is 0.0949. The number of nitrogens with one attached hydrogen (secondary N) is 1. The Labute approximate surface area is 129 Å². The highest BCUT2D eigenvalue weighted by Gasteiger charge is 2.16. The Morgan fingerprint density at radius 1 is 1.56 bits per heavy atom. The maximum absolute atomic E-state index is 12.0. The van der Waals surface area contributed by atoms with E-state index in [0.717, 1.165) is 46.2 Å². The predicted molar refractivity (Wildman–Crippen MR) is 82.7 cm³/mol. The molecule has 0 bridgehead atoms. The van der Waals surface area contributed by atoms with E-state index < -0.39 is 0 Å². The molecule has 1 saturated heterocycles. The zero-order valence-corrected chi connectivity index (χ0v) is 13.7. The summed E-state index contributed by atoms with van der Waals surface area (Å²) in [6.45, 7) is 2.42. The zero-order valence-electron chi connectivity index (χ0n) is 9.92. The van der Waals surface area contributed by atoms with Crippen LogP contribution >= 0.6 is 38.5 Å². The van der Waals surface area contributed by atoms with Gasteiger partial charge in [-0.05, 0) is 59.5 Å². The van der Waals surface area contributed by atoms with Gasteiger partial charge in [-0.2, -0.15) is 0 Å². The van der Waals surface area contributed by atoms with Gasteiger partial charge in [0.1, 0.15) is 0 Å². The van der Waals surface area contributed by atoms with Crippen LogP contribution in [-0.2, 0) is 4.74 Å². The van der Waals surface area contributed by atoms with Crippen LogP contribution in [0.1, 0.15) is 23.2 Å². The molecule has 18 heavy (non-hydrogen) atoms. The number of hydrogen-bond acceptors (Lipinski definition) is 2. The van der Waals surface area contributed by atoms with E-state index in [1.54, 1.807) is 0 Å². The van der Waals surface area contributed by atoms with Crippen molar-refractivity contribution in [3.63, 3.8) is 0 Å². The molecule has 1 aliphatic rings. The van der Waals surface area contributed by atoms with Crippen LogP contribution in [0, 0.1) is 9.49 Å². The topological polar surface area (TPSA) is 38.3 Å². The molecule has 2 rings (SSSR count). The minimum absolute atomic E-state index is 0.000356. The zero-order chi connectivity index (χ0) is 13.0. The fraction of sp³-hybridized carbons (Fsp3) is 0.462. The van der Waals surface area contributed by atoms with Gasteiger partial charge in [0.25, 0.3) is 5.91 Å². The van der Waals surface area contributed by atoms with E-state index in [2.05, 4.69) is 43.8 Å². The first kappa shape index (κ1) is 14.3. The number of ether oxygens (including phenoxy) is 1. The Morgan fingerprint density at radius 3 is 3.11 bits per heavy atom. The van der Waals surface area contributed by atoms with Crippen molar-refractivity contribution in [2.45, 2.75) is 12.8 Å². The fourth-order valence-electron chi connectivity index (χ4n) is 1.97. The fourth-order valence-corrected chi connectivity index (χ4v) is 2.91. The molecule has 0 saturated carbocycles. The number of halogens is 2. The van der Waals surface area contributed by atoms with Crippen molar-refractivity contribution >= 4 is 44.4 Å². The number of rotatable bonds is 4. The van der Waals surface area contributed by atoms with E-state index in [1.807, 2.05) is 18.2 Å². The highest BCUT2D eigenvalue weighted by Crippen LogP contribution is 2.19. The van der Waals surface area contributed by atoms with Crippen LogP contribution in [0.2, 0.25) is 0 Å². The first-order valence-electron chi connectivity index (χ1n) is 5.98. The molecule has 1 aromatic rings. The lowest BCUT2D eigenvalue weighted by atomic mass is 10.1. The van der Waals surface area contributed by atoms with Crippen molar-refractivity contribution < 1.29 is 9.53 Å². The van der Waals surface area contributed by atoms with E-state index in [1.165, 1.54) is 0 Å². The minimum Gasteiger partial charge on any atom is -0.381 e. The van der Waals surface area contributed by atoms with Crippen molar-refractivity contribution in [2.24, 2.45) is 5.92 Å². The quantitative estimate of drug-likeness (QED) is 0.755. The van der Waals surface area contributed by atoms with Gasteiger partial charge in [-0.3, -0.25) is 4.79 Å². The van der Waals surface area contributed by atoms with Crippen LogP contribution in [-0.4, -0.2) is 25.7 Å². The number of benzene rings is 1.